The minimum atomic E-state index is -0.717. The van der Waals surface area contributed by atoms with Crippen LogP contribution in [0.25, 0.3) is 0 Å². The molecule has 0 aliphatic carbocycles. The summed E-state index contributed by atoms with van der Waals surface area (Å²) in [5.74, 6) is -1.16. The molecule has 96 valence electrons. The van der Waals surface area contributed by atoms with E-state index in [0.29, 0.717) is 6.42 Å². The third-order valence-corrected chi connectivity index (χ3v) is 3.04. The van der Waals surface area contributed by atoms with Crippen LogP contribution < -0.4 is 5.32 Å². The number of carbonyl (C=O) groups is 2. The van der Waals surface area contributed by atoms with Gasteiger partial charge in [0.1, 0.15) is 0 Å². The summed E-state index contributed by atoms with van der Waals surface area (Å²) in [6.07, 6.45) is 2.30. The molecule has 0 spiro atoms. The zero-order valence-corrected chi connectivity index (χ0v) is 10.2. The lowest BCUT2D eigenvalue weighted by Gasteiger charge is -2.08. The predicted octanol–water partition coefficient (Wildman–Crippen LogP) is 1.09. The van der Waals surface area contributed by atoms with Gasteiger partial charge < -0.3 is 10.1 Å². The van der Waals surface area contributed by atoms with Crippen molar-refractivity contribution < 1.29 is 14.3 Å². The summed E-state index contributed by atoms with van der Waals surface area (Å²) in [6.45, 7) is 1.05. The highest BCUT2D eigenvalue weighted by Gasteiger charge is 2.28. The molecule has 4 heteroatoms. The molecule has 1 N–H and O–H groups in total. The number of ketones is 1. The minimum Gasteiger partial charge on any atom is -0.460 e. The molecule has 2 rings (SSSR count). The number of hydrogen-bond donors (Lipinski definition) is 1. The molecule has 1 unspecified atom stereocenters. The molecule has 0 amide bonds. The van der Waals surface area contributed by atoms with E-state index in [0.717, 1.165) is 24.9 Å². The van der Waals surface area contributed by atoms with E-state index in [4.69, 9.17) is 4.74 Å². The van der Waals surface area contributed by atoms with Crippen molar-refractivity contribution in [1.82, 2.24) is 5.32 Å². The summed E-state index contributed by atoms with van der Waals surface area (Å²) in [5.41, 5.74) is 1.09. The molecule has 0 saturated carbocycles. The Morgan fingerprint density at radius 1 is 1.28 bits per heavy atom. The molecule has 1 atom stereocenters. The fourth-order valence-corrected chi connectivity index (χ4v) is 2.03. The maximum Gasteiger partial charge on any atom is 0.376 e. The first kappa shape index (κ1) is 12.8. The van der Waals surface area contributed by atoms with Crippen molar-refractivity contribution >= 4 is 11.8 Å². The van der Waals surface area contributed by atoms with Gasteiger partial charge in [0.15, 0.2) is 0 Å². The molecule has 0 radical (unpaired) electrons. The summed E-state index contributed by atoms with van der Waals surface area (Å²) >= 11 is 0. The van der Waals surface area contributed by atoms with E-state index in [-0.39, 0.29) is 12.6 Å². The molecule has 1 aromatic rings. The van der Waals surface area contributed by atoms with Crippen molar-refractivity contribution in [2.45, 2.75) is 25.3 Å². The van der Waals surface area contributed by atoms with Crippen LogP contribution in [-0.2, 0) is 20.7 Å². The van der Waals surface area contributed by atoms with Crippen LogP contribution >= 0.6 is 0 Å². The average molecular weight is 247 g/mol. The first-order chi connectivity index (χ1) is 8.77. The molecule has 0 aromatic heterocycles. The van der Waals surface area contributed by atoms with Crippen LogP contribution in [0.5, 0.6) is 0 Å². The summed E-state index contributed by atoms with van der Waals surface area (Å²) in [4.78, 5) is 23.2. The maximum absolute atomic E-state index is 11.7. The van der Waals surface area contributed by atoms with Crippen LogP contribution in [0.1, 0.15) is 18.4 Å². The number of carbonyl (C=O) groups excluding carboxylic acids is 2. The minimum absolute atomic E-state index is 0.251. The van der Waals surface area contributed by atoms with Crippen LogP contribution in [0.2, 0.25) is 0 Å². The largest absolute Gasteiger partial charge is 0.460 e. The van der Waals surface area contributed by atoms with E-state index in [9.17, 15) is 9.59 Å². The van der Waals surface area contributed by atoms with E-state index in [1.807, 2.05) is 30.3 Å². The Hall–Kier alpha value is -1.68. The van der Waals surface area contributed by atoms with Gasteiger partial charge in [-0.15, -0.1) is 0 Å². The quantitative estimate of drug-likeness (QED) is 0.625. The Labute approximate surface area is 106 Å². The molecule has 18 heavy (non-hydrogen) atoms. The van der Waals surface area contributed by atoms with E-state index in [1.54, 1.807) is 0 Å². The lowest BCUT2D eigenvalue weighted by molar-refractivity contribution is -0.154. The van der Waals surface area contributed by atoms with Gasteiger partial charge in [-0.3, -0.25) is 4.79 Å². The summed E-state index contributed by atoms with van der Waals surface area (Å²) in [5, 5.41) is 2.99. The van der Waals surface area contributed by atoms with Gasteiger partial charge in [-0.1, -0.05) is 30.3 Å². The molecule has 1 fully saturated rings. The Kier molecular flexibility index (Phi) is 4.47. The number of benzene rings is 1. The van der Waals surface area contributed by atoms with Gasteiger partial charge in [0, 0.05) is 6.42 Å². The SMILES string of the molecule is O=C(OCCc1ccccc1)C(=O)C1CCCN1. The van der Waals surface area contributed by atoms with Gasteiger partial charge in [0.05, 0.1) is 12.6 Å². The van der Waals surface area contributed by atoms with Gasteiger partial charge in [0.25, 0.3) is 5.78 Å². The predicted molar refractivity (Wildman–Crippen MR) is 67.1 cm³/mol. The van der Waals surface area contributed by atoms with Crippen molar-refractivity contribution in [3.8, 4) is 0 Å². The Morgan fingerprint density at radius 3 is 2.72 bits per heavy atom. The van der Waals surface area contributed by atoms with E-state index < -0.39 is 11.8 Å². The zero-order chi connectivity index (χ0) is 12.8. The number of nitrogens with one attached hydrogen (secondary N) is 1. The lowest BCUT2D eigenvalue weighted by atomic mass is 10.1. The first-order valence-corrected chi connectivity index (χ1v) is 6.25. The highest BCUT2D eigenvalue weighted by atomic mass is 16.5. The van der Waals surface area contributed by atoms with Crippen LogP contribution in [0.15, 0.2) is 30.3 Å². The van der Waals surface area contributed by atoms with E-state index in [2.05, 4.69) is 5.32 Å². The summed E-state index contributed by atoms with van der Waals surface area (Å²) in [6, 6.07) is 9.40. The molecule has 0 bridgehead atoms. The lowest BCUT2D eigenvalue weighted by Crippen LogP contribution is -2.37. The van der Waals surface area contributed by atoms with Gasteiger partial charge >= 0.3 is 5.97 Å². The fourth-order valence-electron chi connectivity index (χ4n) is 2.03. The van der Waals surface area contributed by atoms with Crippen LogP contribution in [-0.4, -0.2) is 30.9 Å². The molecule has 1 aliphatic rings. The van der Waals surface area contributed by atoms with Gasteiger partial charge in [-0.05, 0) is 24.9 Å². The molecule has 1 heterocycles. The number of ether oxygens (including phenoxy) is 1. The Balaban J connectivity index is 1.73. The van der Waals surface area contributed by atoms with Crippen molar-refractivity contribution in [2.75, 3.05) is 13.2 Å². The molecule has 4 nitrogen and oxygen atoms in total. The number of rotatable bonds is 5. The van der Waals surface area contributed by atoms with Gasteiger partial charge in [-0.25, -0.2) is 4.79 Å². The van der Waals surface area contributed by atoms with Crippen molar-refractivity contribution in [2.24, 2.45) is 0 Å². The monoisotopic (exact) mass is 247 g/mol. The highest BCUT2D eigenvalue weighted by Crippen LogP contribution is 2.07. The Morgan fingerprint density at radius 2 is 2.06 bits per heavy atom. The smallest absolute Gasteiger partial charge is 0.376 e. The summed E-state index contributed by atoms with van der Waals surface area (Å²) in [7, 11) is 0. The molecule has 1 aliphatic heterocycles. The molecule has 1 aromatic carbocycles. The third-order valence-electron chi connectivity index (χ3n) is 3.04. The normalized spacial score (nSPS) is 18.6. The van der Waals surface area contributed by atoms with Crippen LogP contribution in [0.4, 0.5) is 0 Å². The second-order valence-corrected chi connectivity index (χ2v) is 4.38. The molecular weight excluding hydrogens is 230 g/mol. The van der Waals surface area contributed by atoms with E-state index in [1.165, 1.54) is 0 Å². The second-order valence-electron chi connectivity index (χ2n) is 4.38. The van der Waals surface area contributed by atoms with Gasteiger partial charge in [0.2, 0.25) is 0 Å². The van der Waals surface area contributed by atoms with Crippen molar-refractivity contribution in [1.29, 1.82) is 0 Å². The number of Topliss-reactive ketones (excluding diaryl/α,β-unsaturated/α-hetero) is 1. The Bertz CT molecular complexity index is 410. The average Bonchev–Trinajstić information content (AvgIpc) is 2.93. The highest BCUT2D eigenvalue weighted by molar-refractivity contribution is 6.35. The third kappa shape index (κ3) is 3.40. The molecular formula is C14H17NO3. The number of esters is 1. The van der Waals surface area contributed by atoms with Crippen LogP contribution in [0.3, 0.4) is 0 Å². The number of hydrogen-bond acceptors (Lipinski definition) is 4. The first-order valence-electron chi connectivity index (χ1n) is 6.25. The standard InChI is InChI=1S/C14H17NO3/c16-13(12-7-4-9-15-12)14(17)18-10-8-11-5-2-1-3-6-11/h1-3,5-6,12,15H,4,7-10H2. The fraction of sp³-hybridized carbons (Fsp3) is 0.429. The van der Waals surface area contributed by atoms with Crippen molar-refractivity contribution in [3.63, 3.8) is 0 Å². The van der Waals surface area contributed by atoms with Gasteiger partial charge in [-0.2, -0.15) is 0 Å². The summed E-state index contributed by atoms with van der Waals surface area (Å²) < 4.78 is 4.99. The second kappa shape index (κ2) is 6.31. The molecule has 1 saturated heterocycles. The van der Waals surface area contributed by atoms with E-state index >= 15 is 0 Å². The zero-order valence-electron chi connectivity index (χ0n) is 10.2. The van der Waals surface area contributed by atoms with Crippen molar-refractivity contribution in [3.05, 3.63) is 35.9 Å². The topological polar surface area (TPSA) is 55.4 Å². The maximum atomic E-state index is 11.7. The van der Waals surface area contributed by atoms with Crippen LogP contribution in [0, 0.1) is 0 Å².